The summed E-state index contributed by atoms with van der Waals surface area (Å²) in [6.07, 6.45) is 4.41. The van der Waals surface area contributed by atoms with E-state index in [1.807, 2.05) is 30.5 Å². The number of aromatic nitrogens is 4. The Morgan fingerprint density at radius 1 is 1.18 bits per heavy atom. The lowest BCUT2D eigenvalue weighted by molar-refractivity contribution is 0.100. The zero-order valence-corrected chi connectivity index (χ0v) is 18.8. The third kappa shape index (κ3) is 3.10. The van der Waals surface area contributed by atoms with Crippen LogP contribution >= 0.6 is 0 Å². The Hall–Kier alpha value is -4.64. The van der Waals surface area contributed by atoms with E-state index in [2.05, 4.69) is 18.1 Å². The molecule has 8 nitrogen and oxygen atoms in total. The van der Waals surface area contributed by atoms with Crippen LogP contribution in [-0.2, 0) is 13.6 Å². The number of benzene rings is 2. The Balaban J connectivity index is 2.05. The molecule has 0 unspecified atom stereocenters. The van der Waals surface area contributed by atoms with Gasteiger partial charge in [-0.05, 0) is 24.6 Å². The topological polar surface area (TPSA) is 112 Å². The minimum absolute atomic E-state index is 0.238. The van der Waals surface area contributed by atoms with Gasteiger partial charge in [0, 0.05) is 36.1 Å². The molecule has 34 heavy (non-hydrogen) atoms. The largest absolute Gasteiger partial charge is 0.366 e. The molecule has 0 bridgehead atoms. The number of hydrogen-bond acceptors (Lipinski definition) is 4. The van der Waals surface area contributed by atoms with E-state index in [0.717, 1.165) is 11.8 Å². The van der Waals surface area contributed by atoms with Crippen molar-refractivity contribution >= 4 is 27.7 Å². The maximum Gasteiger partial charge on any atom is 0.275 e. The van der Waals surface area contributed by atoms with Gasteiger partial charge in [0.15, 0.2) is 0 Å². The first-order valence-electron chi connectivity index (χ1n) is 11.0. The Morgan fingerprint density at radius 3 is 2.71 bits per heavy atom. The minimum atomic E-state index is -0.652. The van der Waals surface area contributed by atoms with Crippen molar-refractivity contribution in [2.45, 2.75) is 19.9 Å². The molecule has 3 heterocycles. The van der Waals surface area contributed by atoms with E-state index in [4.69, 9.17) is 5.73 Å². The van der Waals surface area contributed by atoms with Crippen molar-refractivity contribution in [1.29, 1.82) is 5.26 Å². The number of primary amides is 1. The molecule has 0 aliphatic carbocycles. The van der Waals surface area contributed by atoms with Gasteiger partial charge in [0.25, 0.3) is 11.5 Å². The van der Waals surface area contributed by atoms with Crippen LogP contribution in [0.4, 0.5) is 0 Å². The first-order valence-corrected chi connectivity index (χ1v) is 11.0. The fourth-order valence-corrected chi connectivity index (χ4v) is 4.61. The molecule has 1 amide bonds. The van der Waals surface area contributed by atoms with E-state index in [1.54, 1.807) is 51.3 Å². The van der Waals surface area contributed by atoms with E-state index in [0.29, 0.717) is 45.5 Å². The predicted molar refractivity (Wildman–Crippen MR) is 131 cm³/mol. The lowest BCUT2D eigenvalue weighted by Crippen LogP contribution is -2.19. The van der Waals surface area contributed by atoms with Crippen LogP contribution in [0.5, 0.6) is 0 Å². The monoisotopic (exact) mass is 450 g/mol. The Labute approximate surface area is 195 Å². The van der Waals surface area contributed by atoms with Crippen LogP contribution in [0, 0.1) is 11.3 Å². The average molecular weight is 451 g/mol. The number of carbonyl (C=O) groups excluding carboxylic acids is 1. The van der Waals surface area contributed by atoms with Crippen LogP contribution in [0.2, 0.25) is 0 Å². The van der Waals surface area contributed by atoms with Crippen molar-refractivity contribution in [3.05, 3.63) is 82.4 Å². The Morgan fingerprint density at radius 2 is 1.97 bits per heavy atom. The third-order valence-electron chi connectivity index (χ3n) is 6.05. The number of pyridine rings is 1. The molecule has 0 fully saturated rings. The second-order valence-electron chi connectivity index (χ2n) is 8.18. The number of fused-ring (bicyclic) bond motifs is 3. The van der Waals surface area contributed by atoms with Gasteiger partial charge in [-0.3, -0.25) is 14.3 Å². The summed E-state index contributed by atoms with van der Waals surface area (Å²) in [6, 6.07) is 16.5. The van der Waals surface area contributed by atoms with Crippen LogP contribution in [0.3, 0.4) is 0 Å². The molecule has 0 radical (unpaired) electrons. The van der Waals surface area contributed by atoms with E-state index in [9.17, 15) is 14.9 Å². The molecular weight excluding hydrogens is 428 g/mol. The maximum atomic E-state index is 13.7. The van der Waals surface area contributed by atoms with Gasteiger partial charge in [0.2, 0.25) is 0 Å². The van der Waals surface area contributed by atoms with Crippen molar-refractivity contribution in [3.8, 4) is 23.0 Å². The number of carbonyl (C=O) groups is 1. The van der Waals surface area contributed by atoms with Crippen LogP contribution < -0.4 is 11.3 Å². The molecule has 0 aliphatic heterocycles. The summed E-state index contributed by atoms with van der Waals surface area (Å²) in [5, 5.41) is 15.2. The summed E-state index contributed by atoms with van der Waals surface area (Å²) < 4.78 is 5.12. The molecule has 0 saturated carbocycles. The second-order valence-corrected chi connectivity index (χ2v) is 8.18. The van der Waals surface area contributed by atoms with Gasteiger partial charge >= 0.3 is 0 Å². The van der Waals surface area contributed by atoms with Crippen LogP contribution in [-0.4, -0.2) is 24.8 Å². The summed E-state index contributed by atoms with van der Waals surface area (Å²) >= 11 is 0. The first-order chi connectivity index (χ1) is 16.5. The second kappa shape index (κ2) is 8.05. The van der Waals surface area contributed by atoms with Crippen molar-refractivity contribution in [2.24, 2.45) is 12.8 Å². The van der Waals surface area contributed by atoms with Gasteiger partial charge in [-0.25, -0.2) is 0 Å². The Kier molecular flexibility index (Phi) is 5.02. The van der Waals surface area contributed by atoms with Crippen LogP contribution in [0.15, 0.2) is 65.7 Å². The highest BCUT2D eigenvalue weighted by Gasteiger charge is 2.28. The number of amides is 1. The quantitative estimate of drug-likeness (QED) is 0.440. The fraction of sp³-hybridized carbons (Fsp3) is 0.154. The fourth-order valence-electron chi connectivity index (χ4n) is 4.61. The van der Waals surface area contributed by atoms with Gasteiger partial charge < -0.3 is 14.9 Å². The number of nitrogens with two attached hydrogens (primary N) is 1. The standard InChI is InChI=1S/C26H22N6O2/c1-3-11-31-15-18(14-29-31)32-23(17-8-6-7-16(12-17)13-27)22(25(28)33)21-19-9-4-5-10-20(19)30(2)26(34)24(21)32/h4-10,12,14-15H,3,11H2,1-2H3,(H2,28,33). The number of nitriles is 1. The summed E-state index contributed by atoms with van der Waals surface area (Å²) in [5.41, 5.74) is 9.11. The normalized spacial score (nSPS) is 11.2. The van der Waals surface area contributed by atoms with Gasteiger partial charge in [0.05, 0.1) is 40.3 Å². The summed E-state index contributed by atoms with van der Waals surface area (Å²) in [6.45, 7) is 2.76. The SMILES string of the molecule is CCCn1cc(-n2c(-c3cccc(C#N)c3)c(C(N)=O)c3c4ccccc4n(C)c(=O)c32)cn1. The molecule has 5 rings (SSSR count). The smallest absolute Gasteiger partial charge is 0.275 e. The van der Waals surface area contributed by atoms with Gasteiger partial charge in [-0.1, -0.05) is 37.3 Å². The number of rotatable bonds is 5. The van der Waals surface area contributed by atoms with E-state index in [1.165, 1.54) is 0 Å². The van der Waals surface area contributed by atoms with Gasteiger partial charge in [-0.15, -0.1) is 0 Å². The maximum absolute atomic E-state index is 13.7. The zero-order chi connectivity index (χ0) is 24.0. The molecular formula is C26H22N6O2. The number of para-hydroxylation sites is 1. The number of hydrogen-bond donors (Lipinski definition) is 1. The summed E-state index contributed by atoms with van der Waals surface area (Å²) in [4.78, 5) is 26.7. The highest BCUT2D eigenvalue weighted by atomic mass is 16.1. The molecule has 168 valence electrons. The molecule has 0 saturated heterocycles. The summed E-state index contributed by atoms with van der Waals surface area (Å²) in [5.74, 6) is -0.652. The molecule has 0 atom stereocenters. The zero-order valence-electron chi connectivity index (χ0n) is 18.8. The molecule has 0 aliphatic rings. The lowest BCUT2D eigenvalue weighted by Gasteiger charge is -2.11. The van der Waals surface area contributed by atoms with Crippen LogP contribution in [0.25, 0.3) is 38.8 Å². The van der Waals surface area contributed by atoms with E-state index >= 15 is 0 Å². The van der Waals surface area contributed by atoms with Crippen molar-refractivity contribution in [3.63, 3.8) is 0 Å². The highest BCUT2D eigenvalue weighted by Crippen LogP contribution is 2.38. The van der Waals surface area contributed by atoms with Gasteiger partial charge in [-0.2, -0.15) is 10.4 Å². The lowest BCUT2D eigenvalue weighted by atomic mass is 10.0. The first kappa shape index (κ1) is 21.2. The van der Waals surface area contributed by atoms with Crippen molar-refractivity contribution in [1.82, 2.24) is 18.9 Å². The molecule has 0 spiro atoms. The van der Waals surface area contributed by atoms with Gasteiger partial charge in [0.1, 0.15) is 5.52 Å². The highest BCUT2D eigenvalue weighted by molar-refractivity contribution is 6.20. The molecule has 5 aromatic rings. The average Bonchev–Trinajstić information content (AvgIpc) is 3.45. The third-order valence-corrected chi connectivity index (χ3v) is 6.05. The predicted octanol–water partition coefficient (Wildman–Crippen LogP) is 3.73. The summed E-state index contributed by atoms with van der Waals surface area (Å²) in [7, 11) is 1.71. The van der Waals surface area contributed by atoms with Crippen molar-refractivity contribution < 1.29 is 4.79 Å². The molecule has 3 aromatic heterocycles. The van der Waals surface area contributed by atoms with Crippen LogP contribution in [0.1, 0.15) is 29.3 Å². The van der Waals surface area contributed by atoms with Crippen molar-refractivity contribution in [2.75, 3.05) is 0 Å². The number of aryl methyl sites for hydroxylation is 2. The number of nitrogens with zero attached hydrogens (tertiary/aromatic N) is 5. The minimum Gasteiger partial charge on any atom is -0.366 e. The van der Waals surface area contributed by atoms with E-state index < -0.39 is 5.91 Å². The Bertz CT molecular complexity index is 1700. The molecule has 2 N–H and O–H groups in total. The molecule has 2 aromatic carbocycles. The van der Waals surface area contributed by atoms with E-state index in [-0.39, 0.29) is 11.1 Å². The molecule has 8 heteroatoms.